The fraction of sp³-hybridized carbons (Fsp3) is 0.750. The number of allylic oxidation sites excluding steroid dienone is 4. The molecule has 1 fully saturated rings. The number of aliphatic carboxylic acids is 1. The van der Waals surface area contributed by atoms with Crippen molar-refractivity contribution in [1.29, 1.82) is 0 Å². The maximum absolute atomic E-state index is 10.5. The summed E-state index contributed by atoms with van der Waals surface area (Å²) in [5, 5.41) is 8.66. The van der Waals surface area contributed by atoms with Crippen LogP contribution in [0.15, 0.2) is 24.3 Å². The molecular weight excluding hydrogens is 272 g/mol. The fourth-order valence-corrected chi connectivity index (χ4v) is 4.51. The zero-order valence-electron chi connectivity index (χ0n) is 14.0. The zero-order chi connectivity index (χ0) is 15.8. The van der Waals surface area contributed by atoms with Gasteiger partial charge in [0.25, 0.3) is 0 Å². The largest absolute Gasteiger partial charge is 0.481 e. The predicted octanol–water partition coefficient (Wildman–Crippen LogP) is 5.60. The molecular formula is C20H32O2. The van der Waals surface area contributed by atoms with Crippen LogP contribution in [0.25, 0.3) is 0 Å². The average molecular weight is 304 g/mol. The molecule has 2 heteroatoms. The molecule has 0 radical (unpaired) electrons. The van der Waals surface area contributed by atoms with E-state index in [1.165, 1.54) is 44.9 Å². The Hall–Kier alpha value is -1.05. The van der Waals surface area contributed by atoms with Crippen molar-refractivity contribution in [3.05, 3.63) is 24.3 Å². The molecule has 2 aliphatic carbocycles. The molecule has 0 aromatic carbocycles. The van der Waals surface area contributed by atoms with Crippen molar-refractivity contribution in [2.45, 2.75) is 71.1 Å². The molecule has 0 aromatic heterocycles. The van der Waals surface area contributed by atoms with Crippen molar-refractivity contribution in [2.24, 2.45) is 23.7 Å². The van der Waals surface area contributed by atoms with Crippen LogP contribution in [-0.2, 0) is 4.79 Å². The first kappa shape index (κ1) is 17.3. The molecule has 2 rings (SSSR count). The van der Waals surface area contributed by atoms with E-state index in [1.54, 1.807) is 0 Å². The Morgan fingerprint density at radius 1 is 1.23 bits per heavy atom. The lowest BCUT2D eigenvalue weighted by Gasteiger charge is -2.27. The number of carboxylic acid groups (broad SMARTS) is 1. The summed E-state index contributed by atoms with van der Waals surface area (Å²) in [6.07, 6.45) is 20.6. The standard InChI is InChI=1S/C20H32O2/c1-2-3-10-16-15-17-11-8-9-13-19(17)18(16)12-6-4-5-7-14-20(21)22/h4,6,8-9,16-19H,2-3,5,7,10-15H2,1H3,(H,21,22). The fourth-order valence-electron chi connectivity index (χ4n) is 4.51. The van der Waals surface area contributed by atoms with Crippen LogP contribution < -0.4 is 0 Å². The normalized spacial score (nSPS) is 30.8. The monoisotopic (exact) mass is 304 g/mol. The number of unbranched alkanes of at least 4 members (excludes halogenated alkanes) is 2. The number of carboxylic acids is 1. The van der Waals surface area contributed by atoms with Crippen molar-refractivity contribution in [1.82, 2.24) is 0 Å². The van der Waals surface area contributed by atoms with Gasteiger partial charge in [-0.05, 0) is 62.2 Å². The Bertz CT molecular complexity index is 397. The Morgan fingerprint density at radius 3 is 2.82 bits per heavy atom. The molecule has 0 spiro atoms. The third-order valence-corrected chi connectivity index (χ3v) is 5.65. The van der Waals surface area contributed by atoms with E-state index in [4.69, 9.17) is 5.11 Å². The third kappa shape index (κ3) is 5.00. The Kier molecular flexibility index (Phi) is 7.21. The third-order valence-electron chi connectivity index (χ3n) is 5.65. The second-order valence-corrected chi connectivity index (χ2v) is 7.16. The van der Waals surface area contributed by atoms with E-state index in [-0.39, 0.29) is 0 Å². The molecule has 0 aliphatic heterocycles. The minimum absolute atomic E-state index is 0.294. The SMILES string of the molecule is CCCCC1CC2CC=CCC2C1CC=CCCCC(=O)O. The summed E-state index contributed by atoms with van der Waals surface area (Å²) in [5.74, 6) is 2.92. The highest BCUT2D eigenvalue weighted by molar-refractivity contribution is 5.66. The quantitative estimate of drug-likeness (QED) is 0.445. The second-order valence-electron chi connectivity index (χ2n) is 7.16. The minimum Gasteiger partial charge on any atom is -0.481 e. The molecule has 22 heavy (non-hydrogen) atoms. The van der Waals surface area contributed by atoms with Crippen LogP contribution in [0.4, 0.5) is 0 Å². The van der Waals surface area contributed by atoms with Gasteiger partial charge in [0.2, 0.25) is 0 Å². The van der Waals surface area contributed by atoms with Gasteiger partial charge in [0.05, 0.1) is 0 Å². The van der Waals surface area contributed by atoms with Crippen LogP contribution in [-0.4, -0.2) is 11.1 Å². The molecule has 2 aliphatic rings. The lowest BCUT2D eigenvalue weighted by molar-refractivity contribution is -0.137. The summed E-state index contributed by atoms with van der Waals surface area (Å²) in [6, 6.07) is 0. The Balaban J connectivity index is 1.82. The summed E-state index contributed by atoms with van der Waals surface area (Å²) in [7, 11) is 0. The van der Waals surface area contributed by atoms with Gasteiger partial charge >= 0.3 is 5.97 Å². The molecule has 4 atom stereocenters. The van der Waals surface area contributed by atoms with Crippen LogP contribution in [0.5, 0.6) is 0 Å². The van der Waals surface area contributed by atoms with Gasteiger partial charge in [0.15, 0.2) is 0 Å². The van der Waals surface area contributed by atoms with Gasteiger partial charge in [-0.15, -0.1) is 0 Å². The molecule has 1 saturated carbocycles. The average Bonchev–Trinajstić information content (AvgIpc) is 2.86. The van der Waals surface area contributed by atoms with E-state index < -0.39 is 5.97 Å². The maximum atomic E-state index is 10.5. The number of hydrogen-bond acceptors (Lipinski definition) is 1. The highest BCUT2D eigenvalue weighted by atomic mass is 16.4. The van der Waals surface area contributed by atoms with E-state index in [0.717, 1.165) is 36.5 Å². The number of rotatable bonds is 9. The first-order valence-electron chi connectivity index (χ1n) is 9.24. The van der Waals surface area contributed by atoms with Gasteiger partial charge in [0.1, 0.15) is 0 Å². The van der Waals surface area contributed by atoms with Crippen molar-refractivity contribution in [3.63, 3.8) is 0 Å². The molecule has 1 N–H and O–H groups in total. The first-order chi connectivity index (χ1) is 10.7. The van der Waals surface area contributed by atoms with Crippen LogP contribution in [0, 0.1) is 23.7 Å². The number of fused-ring (bicyclic) bond motifs is 1. The maximum Gasteiger partial charge on any atom is 0.303 e. The molecule has 0 saturated heterocycles. The van der Waals surface area contributed by atoms with Crippen molar-refractivity contribution in [3.8, 4) is 0 Å². The van der Waals surface area contributed by atoms with Gasteiger partial charge < -0.3 is 5.11 Å². The summed E-state index contributed by atoms with van der Waals surface area (Å²) >= 11 is 0. The van der Waals surface area contributed by atoms with Crippen LogP contribution in [0.2, 0.25) is 0 Å². The van der Waals surface area contributed by atoms with Crippen LogP contribution in [0.1, 0.15) is 71.1 Å². The summed E-state index contributed by atoms with van der Waals surface area (Å²) in [6.45, 7) is 2.29. The van der Waals surface area contributed by atoms with Crippen molar-refractivity contribution >= 4 is 5.97 Å². The van der Waals surface area contributed by atoms with Crippen LogP contribution in [0.3, 0.4) is 0 Å². The minimum atomic E-state index is -0.680. The Morgan fingerprint density at radius 2 is 2.05 bits per heavy atom. The van der Waals surface area contributed by atoms with E-state index >= 15 is 0 Å². The van der Waals surface area contributed by atoms with Gasteiger partial charge in [0, 0.05) is 6.42 Å². The van der Waals surface area contributed by atoms with E-state index in [9.17, 15) is 4.79 Å². The number of carbonyl (C=O) groups is 1. The molecule has 124 valence electrons. The second kappa shape index (κ2) is 9.17. The molecule has 4 unspecified atom stereocenters. The molecule has 0 aromatic rings. The van der Waals surface area contributed by atoms with Gasteiger partial charge in [-0.3, -0.25) is 4.79 Å². The lowest BCUT2D eigenvalue weighted by Crippen LogP contribution is -2.18. The van der Waals surface area contributed by atoms with Crippen molar-refractivity contribution in [2.75, 3.05) is 0 Å². The first-order valence-corrected chi connectivity index (χ1v) is 9.24. The summed E-state index contributed by atoms with van der Waals surface area (Å²) in [4.78, 5) is 10.5. The molecule has 0 heterocycles. The summed E-state index contributed by atoms with van der Waals surface area (Å²) < 4.78 is 0. The summed E-state index contributed by atoms with van der Waals surface area (Å²) in [5.41, 5.74) is 0. The predicted molar refractivity (Wildman–Crippen MR) is 91.7 cm³/mol. The van der Waals surface area contributed by atoms with E-state index in [1.807, 2.05) is 0 Å². The van der Waals surface area contributed by atoms with Gasteiger partial charge in [-0.1, -0.05) is 50.5 Å². The highest BCUT2D eigenvalue weighted by Gasteiger charge is 2.41. The van der Waals surface area contributed by atoms with E-state index in [0.29, 0.717) is 6.42 Å². The lowest BCUT2D eigenvalue weighted by atomic mass is 9.78. The molecule has 0 amide bonds. The van der Waals surface area contributed by atoms with Crippen LogP contribution >= 0.6 is 0 Å². The van der Waals surface area contributed by atoms with Crippen molar-refractivity contribution < 1.29 is 9.90 Å². The molecule has 2 nitrogen and oxygen atoms in total. The van der Waals surface area contributed by atoms with E-state index in [2.05, 4.69) is 31.2 Å². The van der Waals surface area contributed by atoms with Gasteiger partial charge in [-0.25, -0.2) is 0 Å². The smallest absolute Gasteiger partial charge is 0.303 e. The topological polar surface area (TPSA) is 37.3 Å². The van der Waals surface area contributed by atoms with Gasteiger partial charge in [-0.2, -0.15) is 0 Å². The molecule has 0 bridgehead atoms. The number of hydrogen-bond donors (Lipinski definition) is 1. The Labute approximate surface area is 135 Å². The zero-order valence-corrected chi connectivity index (χ0v) is 14.0. The highest BCUT2D eigenvalue weighted by Crippen LogP contribution is 2.50.